The first kappa shape index (κ1) is 11.7. The van der Waals surface area contributed by atoms with Crippen LogP contribution >= 0.6 is 11.8 Å². The third kappa shape index (κ3) is 2.68. The second kappa shape index (κ2) is 4.63. The highest BCUT2D eigenvalue weighted by Crippen LogP contribution is 2.33. The summed E-state index contributed by atoms with van der Waals surface area (Å²) in [5.41, 5.74) is 0. The van der Waals surface area contributed by atoms with Crippen molar-refractivity contribution < 1.29 is 8.42 Å². The molecule has 2 rings (SSSR count). The van der Waals surface area contributed by atoms with Crippen molar-refractivity contribution in [2.75, 3.05) is 30.1 Å². The lowest BCUT2D eigenvalue weighted by Gasteiger charge is -2.27. The van der Waals surface area contributed by atoms with Crippen LogP contribution in [-0.4, -0.2) is 44.5 Å². The summed E-state index contributed by atoms with van der Waals surface area (Å²) in [6.07, 6.45) is 2.10. The van der Waals surface area contributed by atoms with Crippen LogP contribution in [0.1, 0.15) is 12.8 Å². The molecule has 0 radical (unpaired) electrons. The Hall–Kier alpha value is 0.260. The lowest BCUT2D eigenvalue weighted by atomic mass is 9.87. The fraction of sp³-hybridized carbons (Fsp3) is 1.00. The maximum atomic E-state index is 11.4. The Morgan fingerprint density at radius 3 is 2.60 bits per heavy atom. The lowest BCUT2D eigenvalue weighted by Crippen LogP contribution is -2.41. The van der Waals surface area contributed by atoms with Crippen molar-refractivity contribution in [2.45, 2.75) is 18.9 Å². The van der Waals surface area contributed by atoms with Gasteiger partial charge in [-0.25, -0.2) is 8.42 Å². The van der Waals surface area contributed by atoms with Crippen molar-refractivity contribution in [3.8, 4) is 0 Å². The summed E-state index contributed by atoms with van der Waals surface area (Å²) >= 11 is 2.00. The zero-order chi connectivity index (χ0) is 10.9. The molecule has 0 saturated carbocycles. The maximum Gasteiger partial charge on any atom is 0.150 e. The molecule has 15 heavy (non-hydrogen) atoms. The van der Waals surface area contributed by atoms with Gasteiger partial charge in [-0.15, -0.1) is 0 Å². The summed E-state index contributed by atoms with van der Waals surface area (Å²) in [5.74, 6) is 4.27. The molecule has 2 aliphatic rings. The Balaban J connectivity index is 2.01. The van der Waals surface area contributed by atoms with Gasteiger partial charge in [-0.05, 0) is 43.2 Å². The van der Waals surface area contributed by atoms with E-state index in [1.807, 2.05) is 18.8 Å². The standard InChI is InChI=1S/C10H19NO2S2/c1-11-10(8-2-4-14-6-8)9-3-5-15(12,13)7-9/h8-11H,2-7H2,1H3. The van der Waals surface area contributed by atoms with E-state index >= 15 is 0 Å². The van der Waals surface area contributed by atoms with E-state index in [-0.39, 0.29) is 0 Å². The van der Waals surface area contributed by atoms with Crippen LogP contribution in [0.3, 0.4) is 0 Å². The van der Waals surface area contributed by atoms with Gasteiger partial charge in [-0.1, -0.05) is 0 Å². The molecule has 0 aromatic carbocycles. The molecule has 88 valence electrons. The van der Waals surface area contributed by atoms with Gasteiger partial charge in [0.15, 0.2) is 9.84 Å². The number of hydrogen-bond donors (Lipinski definition) is 1. The van der Waals surface area contributed by atoms with Gasteiger partial charge in [0.2, 0.25) is 0 Å². The Labute approximate surface area is 96.3 Å². The monoisotopic (exact) mass is 249 g/mol. The SMILES string of the molecule is CNC(C1CCSC1)C1CCS(=O)(=O)C1. The highest BCUT2D eigenvalue weighted by atomic mass is 32.2. The van der Waals surface area contributed by atoms with Crippen molar-refractivity contribution in [1.29, 1.82) is 0 Å². The van der Waals surface area contributed by atoms with E-state index in [0.717, 1.165) is 6.42 Å². The lowest BCUT2D eigenvalue weighted by molar-refractivity contribution is 0.308. The Bertz CT molecular complexity index is 309. The molecule has 2 fully saturated rings. The van der Waals surface area contributed by atoms with Crippen LogP contribution in [-0.2, 0) is 9.84 Å². The molecule has 3 atom stereocenters. The van der Waals surface area contributed by atoms with Crippen LogP contribution in [0.15, 0.2) is 0 Å². The first-order valence-electron chi connectivity index (χ1n) is 5.58. The van der Waals surface area contributed by atoms with Gasteiger partial charge in [0.25, 0.3) is 0 Å². The smallest absolute Gasteiger partial charge is 0.150 e. The maximum absolute atomic E-state index is 11.4. The fourth-order valence-corrected chi connectivity index (χ4v) is 5.97. The molecule has 3 nitrogen and oxygen atoms in total. The fourth-order valence-electron chi connectivity index (χ4n) is 2.80. The summed E-state index contributed by atoms with van der Waals surface area (Å²) in [7, 11) is -0.756. The van der Waals surface area contributed by atoms with E-state index in [1.165, 1.54) is 17.9 Å². The van der Waals surface area contributed by atoms with E-state index in [9.17, 15) is 8.42 Å². The van der Waals surface area contributed by atoms with E-state index in [1.54, 1.807) is 0 Å². The molecule has 5 heteroatoms. The molecule has 1 N–H and O–H groups in total. The average molecular weight is 249 g/mol. The molecule has 0 bridgehead atoms. The molecule has 0 amide bonds. The average Bonchev–Trinajstić information content (AvgIpc) is 2.77. The van der Waals surface area contributed by atoms with Gasteiger partial charge >= 0.3 is 0 Å². The van der Waals surface area contributed by atoms with Crippen LogP contribution in [0.4, 0.5) is 0 Å². The van der Waals surface area contributed by atoms with Crippen molar-refractivity contribution in [3.05, 3.63) is 0 Å². The molecular weight excluding hydrogens is 230 g/mol. The zero-order valence-corrected chi connectivity index (χ0v) is 10.7. The number of rotatable bonds is 3. The largest absolute Gasteiger partial charge is 0.316 e. The normalized spacial score (nSPS) is 36.9. The topological polar surface area (TPSA) is 46.2 Å². The van der Waals surface area contributed by atoms with E-state index in [2.05, 4.69) is 5.32 Å². The van der Waals surface area contributed by atoms with Gasteiger partial charge in [-0.2, -0.15) is 11.8 Å². The van der Waals surface area contributed by atoms with E-state index < -0.39 is 9.84 Å². The summed E-state index contributed by atoms with van der Waals surface area (Å²) in [6, 6.07) is 0.414. The van der Waals surface area contributed by atoms with Gasteiger partial charge in [0.05, 0.1) is 11.5 Å². The minimum atomic E-state index is -2.73. The van der Waals surface area contributed by atoms with Crippen LogP contribution in [0.2, 0.25) is 0 Å². The highest BCUT2D eigenvalue weighted by molar-refractivity contribution is 7.99. The first-order chi connectivity index (χ1) is 7.12. The van der Waals surface area contributed by atoms with Crippen molar-refractivity contribution >= 4 is 21.6 Å². The summed E-state index contributed by atoms with van der Waals surface area (Å²) < 4.78 is 22.9. The summed E-state index contributed by atoms with van der Waals surface area (Å²) in [5, 5.41) is 3.35. The van der Waals surface area contributed by atoms with E-state index in [4.69, 9.17) is 0 Å². The molecule has 0 aliphatic carbocycles. The first-order valence-corrected chi connectivity index (χ1v) is 8.55. The van der Waals surface area contributed by atoms with Crippen LogP contribution in [0.25, 0.3) is 0 Å². The Kier molecular flexibility index (Phi) is 3.63. The van der Waals surface area contributed by atoms with Crippen LogP contribution in [0, 0.1) is 11.8 Å². The zero-order valence-electron chi connectivity index (χ0n) is 9.11. The minimum Gasteiger partial charge on any atom is -0.316 e. The van der Waals surface area contributed by atoms with Crippen molar-refractivity contribution in [3.63, 3.8) is 0 Å². The Morgan fingerprint density at radius 2 is 2.13 bits per heavy atom. The van der Waals surface area contributed by atoms with Gasteiger partial charge in [0, 0.05) is 6.04 Å². The molecule has 2 saturated heterocycles. The molecular formula is C10H19NO2S2. The minimum absolute atomic E-state index is 0.351. The second-order valence-corrected chi connectivity index (χ2v) is 7.98. The van der Waals surface area contributed by atoms with Gasteiger partial charge in [0.1, 0.15) is 0 Å². The molecule has 0 aromatic rings. The highest BCUT2D eigenvalue weighted by Gasteiger charge is 2.37. The van der Waals surface area contributed by atoms with Crippen LogP contribution in [0.5, 0.6) is 0 Å². The van der Waals surface area contributed by atoms with Gasteiger partial charge < -0.3 is 5.32 Å². The molecule has 2 heterocycles. The molecule has 3 unspecified atom stereocenters. The van der Waals surface area contributed by atoms with Crippen molar-refractivity contribution in [2.24, 2.45) is 11.8 Å². The number of hydrogen-bond acceptors (Lipinski definition) is 4. The molecule has 0 aromatic heterocycles. The van der Waals surface area contributed by atoms with Crippen molar-refractivity contribution in [1.82, 2.24) is 5.32 Å². The third-order valence-corrected chi connectivity index (χ3v) is 6.56. The summed E-state index contributed by atoms with van der Waals surface area (Å²) in [4.78, 5) is 0. The number of thioether (sulfide) groups is 1. The second-order valence-electron chi connectivity index (χ2n) is 4.60. The summed E-state index contributed by atoms with van der Waals surface area (Å²) in [6.45, 7) is 0. The Morgan fingerprint density at radius 1 is 1.33 bits per heavy atom. The van der Waals surface area contributed by atoms with Gasteiger partial charge in [-0.3, -0.25) is 0 Å². The third-order valence-electron chi connectivity index (χ3n) is 3.58. The quantitative estimate of drug-likeness (QED) is 0.802. The number of sulfone groups is 1. The van der Waals surface area contributed by atoms with E-state index in [0.29, 0.717) is 29.4 Å². The molecule has 0 spiro atoms. The predicted molar refractivity (Wildman–Crippen MR) is 65.0 cm³/mol. The number of nitrogens with one attached hydrogen (secondary N) is 1. The predicted octanol–water partition coefficient (Wildman–Crippen LogP) is 0.762. The van der Waals surface area contributed by atoms with Crippen LogP contribution < -0.4 is 5.32 Å². The molecule has 2 aliphatic heterocycles.